The molecule has 1 aromatic rings. The minimum atomic E-state index is -2.59. The molecule has 1 fully saturated rings. The van der Waals surface area contributed by atoms with Crippen LogP contribution >= 0.6 is 0 Å². The number of methoxy groups -OCH3 is 1. The van der Waals surface area contributed by atoms with Gasteiger partial charge in [-0.05, 0) is 31.4 Å². The van der Waals surface area contributed by atoms with Gasteiger partial charge in [-0.3, -0.25) is 0 Å². The predicted molar refractivity (Wildman–Crippen MR) is 55.8 cm³/mol. The van der Waals surface area contributed by atoms with Gasteiger partial charge in [-0.25, -0.2) is 8.78 Å². The molecule has 0 aromatic heterocycles. The van der Waals surface area contributed by atoms with E-state index < -0.39 is 12.0 Å². The third kappa shape index (κ3) is 1.67. The number of aryl methyl sites for hydroxylation is 1. The van der Waals surface area contributed by atoms with Crippen LogP contribution in [0.5, 0.6) is 5.75 Å². The van der Waals surface area contributed by atoms with Crippen LogP contribution in [0.1, 0.15) is 36.0 Å². The molecule has 0 saturated heterocycles. The van der Waals surface area contributed by atoms with Crippen molar-refractivity contribution >= 4 is 0 Å². The second-order valence-electron chi connectivity index (χ2n) is 4.21. The lowest BCUT2D eigenvalue weighted by molar-refractivity contribution is 0.136. The smallest absolute Gasteiger partial charge is 0.267 e. The molecule has 1 aliphatic carbocycles. The third-order valence-corrected chi connectivity index (χ3v) is 3.02. The molecule has 2 nitrogen and oxygen atoms in total. The van der Waals surface area contributed by atoms with Gasteiger partial charge in [0.15, 0.2) is 0 Å². The fraction of sp³-hybridized carbons (Fsp3) is 0.500. The van der Waals surface area contributed by atoms with E-state index in [1.807, 2.05) is 0 Å². The molecule has 16 heavy (non-hydrogen) atoms. The van der Waals surface area contributed by atoms with Crippen LogP contribution in [0.25, 0.3) is 0 Å². The molecule has 0 heterocycles. The molecule has 0 amide bonds. The van der Waals surface area contributed by atoms with Crippen molar-refractivity contribution in [1.29, 1.82) is 0 Å². The Bertz CT molecular complexity index is 412. The van der Waals surface area contributed by atoms with Crippen molar-refractivity contribution in [3.8, 4) is 5.75 Å². The highest BCUT2D eigenvalue weighted by Gasteiger charge is 2.46. The monoisotopic (exact) mass is 228 g/mol. The number of hydrogen-bond donors (Lipinski definition) is 1. The molecule has 1 N–H and O–H groups in total. The minimum Gasteiger partial charge on any atom is -0.496 e. The summed E-state index contributed by atoms with van der Waals surface area (Å²) in [4.78, 5) is 0. The summed E-state index contributed by atoms with van der Waals surface area (Å²) in [6.45, 7) is 1.80. The highest BCUT2D eigenvalue weighted by molar-refractivity contribution is 5.51. The highest BCUT2D eigenvalue weighted by atomic mass is 19.3. The number of benzene rings is 1. The molecular formula is C12H14F2O2. The van der Waals surface area contributed by atoms with Crippen LogP contribution in [-0.2, 0) is 5.60 Å². The predicted octanol–water partition coefficient (Wildman–Crippen LogP) is 2.92. The molecule has 0 radical (unpaired) electrons. The zero-order valence-electron chi connectivity index (χ0n) is 9.26. The fourth-order valence-electron chi connectivity index (χ4n) is 2.04. The number of aliphatic hydroxyl groups is 1. The zero-order valence-corrected chi connectivity index (χ0v) is 9.26. The van der Waals surface area contributed by atoms with Crippen molar-refractivity contribution in [3.05, 3.63) is 28.8 Å². The zero-order chi connectivity index (χ0) is 11.9. The summed E-state index contributed by atoms with van der Waals surface area (Å²) in [7, 11) is 1.36. The number of halogens is 2. The molecule has 4 heteroatoms. The first-order chi connectivity index (χ1) is 7.49. The standard InChI is InChI=1S/C12H14F2O2/c1-7-3-4-8(11(13)14)10(16-2)9(7)12(15)5-6-12/h3-4,11,15H,5-6H2,1-2H3. The molecule has 1 aliphatic rings. The molecule has 0 atom stereocenters. The first-order valence-corrected chi connectivity index (χ1v) is 5.18. The van der Waals surface area contributed by atoms with E-state index in [1.54, 1.807) is 13.0 Å². The Morgan fingerprint density at radius 3 is 2.44 bits per heavy atom. The van der Waals surface area contributed by atoms with Crippen molar-refractivity contribution < 1.29 is 18.6 Å². The second kappa shape index (κ2) is 3.70. The van der Waals surface area contributed by atoms with E-state index in [4.69, 9.17) is 4.74 Å². The Morgan fingerprint density at radius 2 is 2.00 bits per heavy atom. The van der Waals surface area contributed by atoms with Gasteiger partial charge < -0.3 is 9.84 Å². The van der Waals surface area contributed by atoms with E-state index in [0.29, 0.717) is 18.4 Å². The normalized spacial score (nSPS) is 17.6. The van der Waals surface area contributed by atoms with Crippen LogP contribution in [0, 0.1) is 6.92 Å². The first-order valence-electron chi connectivity index (χ1n) is 5.18. The summed E-state index contributed by atoms with van der Waals surface area (Å²) in [6.07, 6.45) is -1.37. The minimum absolute atomic E-state index is 0.134. The molecule has 0 spiro atoms. The van der Waals surface area contributed by atoms with Crippen LogP contribution in [-0.4, -0.2) is 12.2 Å². The number of alkyl halides is 2. The molecule has 2 rings (SSSR count). The van der Waals surface area contributed by atoms with Crippen molar-refractivity contribution in [2.24, 2.45) is 0 Å². The maximum atomic E-state index is 12.8. The van der Waals surface area contributed by atoms with Crippen molar-refractivity contribution in [3.63, 3.8) is 0 Å². The van der Waals surface area contributed by atoms with Gasteiger partial charge in [0.25, 0.3) is 6.43 Å². The molecule has 88 valence electrons. The number of ether oxygens (including phenoxy) is 1. The van der Waals surface area contributed by atoms with Crippen LogP contribution < -0.4 is 4.74 Å². The van der Waals surface area contributed by atoms with Gasteiger partial charge in [0.2, 0.25) is 0 Å². The molecule has 1 aromatic carbocycles. The first kappa shape index (κ1) is 11.3. The summed E-state index contributed by atoms with van der Waals surface area (Å²) >= 11 is 0. The Morgan fingerprint density at radius 1 is 1.38 bits per heavy atom. The Balaban J connectivity index is 2.61. The van der Waals surface area contributed by atoms with E-state index in [0.717, 1.165) is 5.56 Å². The highest BCUT2D eigenvalue weighted by Crippen LogP contribution is 2.51. The van der Waals surface area contributed by atoms with Gasteiger partial charge in [0, 0.05) is 5.56 Å². The molecule has 0 unspecified atom stereocenters. The summed E-state index contributed by atoms with van der Waals surface area (Å²) in [6, 6.07) is 2.96. The van der Waals surface area contributed by atoms with Gasteiger partial charge in [0.1, 0.15) is 5.75 Å². The third-order valence-electron chi connectivity index (χ3n) is 3.02. The SMILES string of the molecule is COc1c(C(F)F)ccc(C)c1C1(O)CC1. The average Bonchev–Trinajstić information content (AvgIpc) is 2.95. The van der Waals surface area contributed by atoms with Gasteiger partial charge in [-0.15, -0.1) is 0 Å². The van der Waals surface area contributed by atoms with Crippen molar-refractivity contribution in [1.82, 2.24) is 0 Å². The van der Waals surface area contributed by atoms with E-state index in [1.165, 1.54) is 13.2 Å². The second-order valence-corrected chi connectivity index (χ2v) is 4.21. The largest absolute Gasteiger partial charge is 0.496 e. The Labute approximate surface area is 92.9 Å². The molecule has 0 aliphatic heterocycles. The van der Waals surface area contributed by atoms with Crippen LogP contribution in [0.15, 0.2) is 12.1 Å². The van der Waals surface area contributed by atoms with Gasteiger partial charge in [-0.2, -0.15) is 0 Å². The molecule has 0 bridgehead atoms. The van der Waals surface area contributed by atoms with Gasteiger partial charge >= 0.3 is 0 Å². The average molecular weight is 228 g/mol. The quantitative estimate of drug-likeness (QED) is 0.861. The van der Waals surface area contributed by atoms with E-state index in [2.05, 4.69) is 0 Å². The van der Waals surface area contributed by atoms with E-state index in [9.17, 15) is 13.9 Å². The maximum Gasteiger partial charge on any atom is 0.267 e. The van der Waals surface area contributed by atoms with E-state index >= 15 is 0 Å². The number of hydrogen-bond acceptors (Lipinski definition) is 2. The summed E-state index contributed by atoms with van der Waals surface area (Å²) < 4.78 is 30.6. The van der Waals surface area contributed by atoms with E-state index in [-0.39, 0.29) is 11.3 Å². The lowest BCUT2D eigenvalue weighted by Gasteiger charge is -2.19. The summed E-state index contributed by atoms with van der Waals surface area (Å²) in [5.74, 6) is 0.134. The summed E-state index contributed by atoms with van der Waals surface area (Å²) in [5, 5.41) is 10.1. The topological polar surface area (TPSA) is 29.5 Å². The van der Waals surface area contributed by atoms with Gasteiger partial charge in [0.05, 0.1) is 18.3 Å². The Hall–Kier alpha value is -1.16. The molecule has 1 saturated carbocycles. The van der Waals surface area contributed by atoms with Crippen LogP contribution in [0.2, 0.25) is 0 Å². The molecular weight excluding hydrogens is 214 g/mol. The van der Waals surface area contributed by atoms with Crippen LogP contribution in [0.4, 0.5) is 8.78 Å². The number of rotatable bonds is 3. The fourth-order valence-corrected chi connectivity index (χ4v) is 2.04. The lowest BCUT2D eigenvalue weighted by Crippen LogP contribution is -2.11. The van der Waals surface area contributed by atoms with Crippen molar-refractivity contribution in [2.45, 2.75) is 31.8 Å². The maximum absolute atomic E-state index is 12.8. The Kier molecular flexibility index (Phi) is 2.62. The lowest BCUT2D eigenvalue weighted by atomic mass is 9.97. The summed E-state index contributed by atoms with van der Waals surface area (Å²) in [5.41, 5.74) is 0.206. The van der Waals surface area contributed by atoms with Crippen LogP contribution in [0.3, 0.4) is 0 Å². The van der Waals surface area contributed by atoms with Gasteiger partial charge in [-0.1, -0.05) is 6.07 Å². The van der Waals surface area contributed by atoms with Crippen molar-refractivity contribution in [2.75, 3.05) is 7.11 Å².